The van der Waals surface area contributed by atoms with E-state index < -0.39 is 11.6 Å². The molecule has 1 fully saturated rings. The summed E-state index contributed by atoms with van der Waals surface area (Å²) in [6.45, 7) is 3.88. The number of hydrogen-bond donors (Lipinski definition) is 1. The predicted octanol–water partition coefficient (Wildman–Crippen LogP) is 2.58. The molecule has 21 heavy (non-hydrogen) atoms. The Morgan fingerprint density at radius 2 is 2.05 bits per heavy atom. The van der Waals surface area contributed by atoms with E-state index in [1.807, 2.05) is 0 Å². The molecular weight excluding hydrogens is 276 g/mol. The number of halogens is 2. The molecule has 1 aliphatic heterocycles. The van der Waals surface area contributed by atoms with Gasteiger partial charge in [0.25, 0.3) is 0 Å². The molecule has 2 aromatic rings. The van der Waals surface area contributed by atoms with Gasteiger partial charge in [0.2, 0.25) is 5.89 Å². The van der Waals surface area contributed by atoms with E-state index in [1.165, 1.54) is 12.1 Å². The van der Waals surface area contributed by atoms with E-state index in [9.17, 15) is 8.78 Å². The van der Waals surface area contributed by atoms with Crippen LogP contribution < -0.4 is 5.32 Å². The van der Waals surface area contributed by atoms with Crippen LogP contribution in [0.4, 0.5) is 8.78 Å². The molecule has 0 aliphatic carbocycles. The van der Waals surface area contributed by atoms with Gasteiger partial charge in [0, 0.05) is 19.0 Å². The SMILES string of the molecule is CC1(c2nc(Cc3cc(F)cc(F)c3)no2)CCCNC1. The van der Waals surface area contributed by atoms with Crippen molar-refractivity contribution < 1.29 is 13.3 Å². The lowest BCUT2D eigenvalue weighted by Crippen LogP contribution is -2.41. The molecule has 0 amide bonds. The molecule has 0 spiro atoms. The monoisotopic (exact) mass is 293 g/mol. The van der Waals surface area contributed by atoms with Crippen LogP contribution in [-0.4, -0.2) is 23.2 Å². The average molecular weight is 293 g/mol. The highest BCUT2D eigenvalue weighted by Crippen LogP contribution is 2.29. The Balaban J connectivity index is 1.78. The van der Waals surface area contributed by atoms with Gasteiger partial charge in [0.15, 0.2) is 5.82 Å². The minimum absolute atomic E-state index is 0.170. The van der Waals surface area contributed by atoms with E-state index in [1.54, 1.807) is 0 Å². The highest BCUT2D eigenvalue weighted by Gasteiger charge is 2.34. The van der Waals surface area contributed by atoms with Crippen LogP contribution in [0.2, 0.25) is 0 Å². The largest absolute Gasteiger partial charge is 0.339 e. The van der Waals surface area contributed by atoms with Crippen molar-refractivity contribution in [2.45, 2.75) is 31.6 Å². The van der Waals surface area contributed by atoms with Gasteiger partial charge in [-0.25, -0.2) is 8.78 Å². The number of rotatable bonds is 3. The first-order chi connectivity index (χ1) is 10.0. The average Bonchev–Trinajstić information content (AvgIpc) is 2.87. The molecule has 1 atom stereocenters. The van der Waals surface area contributed by atoms with Gasteiger partial charge < -0.3 is 9.84 Å². The molecule has 1 aromatic carbocycles. The van der Waals surface area contributed by atoms with Crippen molar-refractivity contribution in [3.63, 3.8) is 0 Å². The molecule has 1 N–H and O–H groups in total. The second-order valence-electron chi connectivity index (χ2n) is 5.81. The predicted molar refractivity (Wildman–Crippen MR) is 72.9 cm³/mol. The molecule has 2 heterocycles. The second kappa shape index (κ2) is 5.52. The Kier molecular flexibility index (Phi) is 3.71. The van der Waals surface area contributed by atoms with Crippen molar-refractivity contribution in [3.05, 3.63) is 47.1 Å². The zero-order chi connectivity index (χ0) is 14.9. The van der Waals surface area contributed by atoms with E-state index in [2.05, 4.69) is 22.4 Å². The van der Waals surface area contributed by atoms with Crippen LogP contribution in [0.25, 0.3) is 0 Å². The highest BCUT2D eigenvalue weighted by molar-refractivity contribution is 5.21. The van der Waals surface area contributed by atoms with Crippen LogP contribution in [0.15, 0.2) is 22.7 Å². The number of hydrogen-bond acceptors (Lipinski definition) is 4. The number of nitrogens with one attached hydrogen (secondary N) is 1. The molecule has 0 bridgehead atoms. The highest BCUT2D eigenvalue weighted by atomic mass is 19.1. The topological polar surface area (TPSA) is 51.0 Å². The van der Waals surface area contributed by atoms with E-state index in [0.29, 0.717) is 17.3 Å². The lowest BCUT2D eigenvalue weighted by atomic mass is 9.83. The Morgan fingerprint density at radius 3 is 2.71 bits per heavy atom. The first-order valence-electron chi connectivity index (χ1n) is 7.04. The third kappa shape index (κ3) is 3.10. The van der Waals surface area contributed by atoms with Crippen molar-refractivity contribution >= 4 is 0 Å². The molecule has 1 saturated heterocycles. The van der Waals surface area contributed by atoms with E-state index in [0.717, 1.165) is 32.0 Å². The standard InChI is InChI=1S/C15H17F2N3O/c1-15(3-2-4-18-9-15)14-19-13(20-21-14)7-10-5-11(16)8-12(17)6-10/h5-6,8,18H,2-4,7,9H2,1H3. The lowest BCUT2D eigenvalue weighted by molar-refractivity contribution is 0.245. The van der Waals surface area contributed by atoms with Crippen LogP contribution in [0.3, 0.4) is 0 Å². The molecule has 1 aromatic heterocycles. The number of nitrogens with zero attached hydrogens (tertiary/aromatic N) is 2. The summed E-state index contributed by atoms with van der Waals surface area (Å²) in [6.07, 6.45) is 2.29. The smallest absolute Gasteiger partial charge is 0.233 e. The zero-order valence-corrected chi connectivity index (χ0v) is 11.8. The summed E-state index contributed by atoms with van der Waals surface area (Å²) in [5.41, 5.74) is 0.322. The maximum Gasteiger partial charge on any atom is 0.233 e. The summed E-state index contributed by atoms with van der Waals surface area (Å²) in [6, 6.07) is 3.41. The number of benzene rings is 1. The number of piperidine rings is 1. The fourth-order valence-corrected chi connectivity index (χ4v) is 2.71. The van der Waals surface area contributed by atoms with Crippen molar-refractivity contribution in [2.24, 2.45) is 0 Å². The summed E-state index contributed by atoms with van der Waals surface area (Å²) in [5, 5.41) is 7.25. The first-order valence-corrected chi connectivity index (χ1v) is 7.04. The summed E-state index contributed by atoms with van der Waals surface area (Å²) < 4.78 is 31.7. The van der Waals surface area contributed by atoms with Crippen LogP contribution in [-0.2, 0) is 11.8 Å². The van der Waals surface area contributed by atoms with Gasteiger partial charge in [-0.3, -0.25) is 0 Å². The Hall–Kier alpha value is -1.82. The summed E-state index contributed by atoms with van der Waals surface area (Å²) in [7, 11) is 0. The Bertz CT molecular complexity index is 615. The molecule has 112 valence electrons. The Morgan fingerprint density at radius 1 is 1.29 bits per heavy atom. The quantitative estimate of drug-likeness (QED) is 0.945. The molecule has 6 heteroatoms. The van der Waals surface area contributed by atoms with Crippen LogP contribution in [0.1, 0.15) is 37.0 Å². The van der Waals surface area contributed by atoms with E-state index in [-0.39, 0.29) is 11.8 Å². The molecular formula is C15H17F2N3O. The van der Waals surface area contributed by atoms with Gasteiger partial charge in [0.05, 0.1) is 5.41 Å². The van der Waals surface area contributed by atoms with Crippen molar-refractivity contribution in [1.29, 1.82) is 0 Å². The van der Waals surface area contributed by atoms with Gasteiger partial charge in [-0.2, -0.15) is 4.98 Å². The first kappa shape index (κ1) is 14.1. The zero-order valence-electron chi connectivity index (χ0n) is 11.8. The summed E-state index contributed by atoms with van der Waals surface area (Å²) in [4.78, 5) is 4.40. The molecule has 3 rings (SSSR count). The minimum Gasteiger partial charge on any atom is -0.339 e. The van der Waals surface area contributed by atoms with Crippen molar-refractivity contribution in [3.8, 4) is 0 Å². The fourth-order valence-electron chi connectivity index (χ4n) is 2.71. The van der Waals surface area contributed by atoms with Crippen LogP contribution in [0.5, 0.6) is 0 Å². The van der Waals surface area contributed by atoms with Gasteiger partial charge in [-0.1, -0.05) is 5.16 Å². The van der Waals surface area contributed by atoms with Gasteiger partial charge in [0.1, 0.15) is 11.6 Å². The molecule has 0 saturated carbocycles. The summed E-state index contributed by atoms with van der Waals surface area (Å²) in [5.74, 6) is -0.169. The van der Waals surface area contributed by atoms with Crippen molar-refractivity contribution in [1.82, 2.24) is 15.5 Å². The molecule has 0 radical (unpaired) electrons. The van der Waals surface area contributed by atoms with Gasteiger partial charge in [-0.05, 0) is 44.0 Å². The molecule has 1 unspecified atom stereocenters. The third-order valence-corrected chi connectivity index (χ3v) is 3.87. The summed E-state index contributed by atoms with van der Waals surface area (Å²) >= 11 is 0. The maximum atomic E-state index is 13.2. The third-order valence-electron chi connectivity index (χ3n) is 3.87. The van der Waals surface area contributed by atoms with E-state index in [4.69, 9.17) is 4.52 Å². The maximum absolute atomic E-state index is 13.2. The second-order valence-corrected chi connectivity index (χ2v) is 5.81. The van der Waals surface area contributed by atoms with Crippen LogP contribution in [0, 0.1) is 11.6 Å². The van der Waals surface area contributed by atoms with Crippen molar-refractivity contribution in [2.75, 3.05) is 13.1 Å². The fraction of sp³-hybridized carbons (Fsp3) is 0.467. The lowest BCUT2D eigenvalue weighted by Gasteiger charge is -2.30. The van der Waals surface area contributed by atoms with Gasteiger partial charge in [-0.15, -0.1) is 0 Å². The Labute approximate surface area is 121 Å². The van der Waals surface area contributed by atoms with Crippen LogP contribution >= 0.6 is 0 Å². The normalized spacial score (nSPS) is 22.4. The number of aromatic nitrogens is 2. The van der Waals surface area contributed by atoms with E-state index >= 15 is 0 Å². The minimum atomic E-state index is -0.600. The molecule has 4 nitrogen and oxygen atoms in total. The molecule has 1 aliphatic rings. The van der Waals surface area contributed by atoms with Gasteiger partial charge >= 0.3 is 0 Å².